The molecule has 1 aromatic carbocycles. The lowest BCUT2D eigenvalue weighted by atomic mass is 9.93. The molecule has 2 N–H and O–H groups in total. The molecular formula is C21H30N4O2. The largest absolute Gasteiger partial charge is 0.367 e. The number of nitrogens with zero attached hydrogens (tertiary/aromatic N) is 2. The number of benzene rings is 1. The van der Waals surface area contributed by atoms with Crippen LogP contribution in [0.4, 0.5) is 22.1 Å². The van der Waals surface area contributed by atoms with E-state index in [2.05, 4.69) is 40.6 Å². The first-order valence-corrected chi connectivity index (χ1v) is 9.90. The third kappa shape index (κ3) is 5.25. The SMILES string of the molecule is Cc1cc(NC(=O)Nc2ccccc2N(CC(C)C)C2CCCCC2)on1. The third-order valence-corrected chi connectivity index (χ3v) is 4.90. The topological polar surface area (TPSA) is 70.4 Å². The van der Waals surface area contributed by atoms with E-state index in [1.807, 2.05) is 25.1 Å². The van der Waals surface area contributed by atoms with E-state index in [-0.39, 0.29) is 6.03 Å². The Balaban J connectivity index is 1.78. The molecule has 0 aliphatic heterocycles. The van der Waals surface area contributed by atoms with Gasteiger partial charge in [0.1, 0.15) is 0 Å². The molecule has 0 bridgehead atoms. The molecule has 0 saturated heterocycles. The second kappa shape index (κ2) is 8.93. The summed E-state index contributed by atoms with van der Waals surface area (Å²) < 4.78 is 5.07. The van der Waals surface area contributed by atoms with Gasteiger partial charge in [-0.25, -0.2) is 4.79 Å². The summed E-state index contributed by atoms with van der Waals surface area (Å²) in [6.07, 6.45) is 6.31. The van der Waals surface area contributed by atoms with Crippen LogP contribution < -0.4 is 15.5 Å². The van der Waals surface area contributed by atoms with Crippen molar-refractivity contribution >= 4 is 23.3 Å². The molecule has 0 spiro atoms. The number of amides is 2. The van der Waals surface area contributed by atoms with Gasteiger partial charge < -0.3 is 14.7 Å². The maximum absolute atomic E-state index is 12.4. The Morgan fingerprint density at radius 3 is 2.63 bits per heavy atom. The molecule has 3 rings (SSSR count). The summed E-state index contributed by atoms with van der Waals surface area (Å²) >= 11 is 0. The quantitative estimate of drug-likeness (QED) is 0.712. The lowest BCUT2D eigenvalue weighted by Crippen LogP contribution is -2.40. The monoisotopic (exact) mass is 370 g/mol. The van der Waals surface area contributed by atoms with E-state index in [9.17, 15) is 4.79 Å². The lowest BCUT2D eigenvalue weighted by molar-refractivity contribution is 0.261. The highest BCUT2D eigenvalue weighted by molar-refractivity contribution is 6.01. The predicted molar refractivity (Wildman–Crippen MR) is 109 cm³/mol. The van der Waals surface area contributed by atoms with Gasteiger partial charge >= 0.3 is 6.03 Å². The van der Waals surface area contributed by atoms with Crippen LogP contribution in [-0.4, -0.2) is 23.8 Å². The van der Waals surface area contributed by atoms with E-state index < -0.39 is 0 Å². The summed E-state index contributed by atoms with van der Waals surface area (Å²) in [4.78, 5) is 14.9. The Bertz CT molecular complexity index is 750. The summed E-state index contributed by atoms with van der Waals surface area (Å²) in [7, 11) is 0. The minimum absolute atomic E-state index is 0.327. The van der Waals surface area contributed by atoms with E-state index in [0.717, 1.165) is 23.6 Å². The fraction of sp³-hybridized carbons (Fsp3) is 0.524. The molecule has 1 aliphatic carbocycles. The maximum Gasteiger partial charge on any atom is 0.326 e. The zero-order valence-corrected chi connectivity index (χ0v) is 16.5. The van der Waals surface area contributed by atoms with E-state index in [0.29, 0.717) is 17.8 Å². The van der Waals surface area contributed by atoms with Crippen LogP contribution in [0.2, 0.25) is 0 Å². The summed E-state index contributed by atoms with van der Waals surface area (Å²) in [5.41, 5.74) is 2.63. The van der Waals surface area contributed by atoms with Crippen molar-refractivity contribution in [3.8, 4) is 0 Å². The van der Waals surface area contributed by atoms with Crippen LogP contribution in [0.1, 0.15) is 51.6 Å². The standard InChI is InChI=1S/C21H30N4O2/c1-15(2)14-25(17-9-5-4-6-10-17)19-12-8-7-11-18(19)22-21(26)23-20-13-16(3)24-27-20/h7-8,11-13,15,17H,4-6,9-10,14H2,1-3H3,(H2,22,23,26). The van der Waals surface area contributed by atoms with Crippen molar-refractivity contribution in [3.63, 3.8) is 0 Å². The fourth-order valence-corrected chi connectivity index (χ4v) is 3.75. The number of nitrogens with one attached hydrogen (secondary N) is 2. The van der Waals surface area contributed by atoms with Crippen LogP contribution >= 0.6 is 0 Å². The molecular weight excluding hydrogens is 340 g/mol. The summed E-state index contributed by atoms with van der Waals surface area (Å²) in [6, 6.07) is 9.94. The van der Waals surface area contributed by atoms with E-state index in [1.54, 1.807) is 6.07 Å². The average Bonchev–Trinajstić information content (AvgIpc) is 3.05. The number of hydrogen-bond acceptors (Lipinski definition) is 4. The molecule has 1 fully saturated rings. The van der Waals surface area contributed by atoms with Gasteiger partial charge in [0, 0.05) is 18.7 Å². The second-order valence-corrected chi connectivity index (χ2v) is 7.77. The zero-order chi connectivity index (χ0) is 19.2. The molecule has 2 amide bonds. The van der Waals surface area contributed by atoms with E-state index in [4.69, 9.17) is 4.52 Å². The minimum Gasteiger partial charge on any atom is -0.367 e. The fourth-order valence-electron chi connectivity index (χ4n) is 3.75. The Hall–Kier alpha value is -2.50. The maximum atomic E-state index is 12.4. The van der Waals surface area contributed by atoms with Gasteiger partial charge in [-0.1, -0.05) is 50.4 Å². The van der Waals surface area contributed by atoms with Gasteiger partial charge in [-0.2, -0.15) is 0 Å². The zero-order valence-electron chi connectivity index (χ0n) is 16.5. The minimum atomic E-state index is -0.327. The van der Waals surface area contributed by atoms with Crippen LogP contribution in [0.5, 0.6) is 0 Å². The molecule has 6 heteroatoms. The molecule has 2 aromatic rings. The third-order valence-electron chi connectivity index (χ3n) is 4.90. The van der Waals surface area contributed by atoms with Crippen molar-refractivity contribution in [2.45, 2.75) is 58.9 Å². The molecule has 6 nitrogen and oxygen atoms in total. The smallest absolute Gasteiger partial charge is 0.326 e. The molecule has 1 saturated carbocycles. The first-order chi connectivity index (χ1) is 13.0. The number of aromatic nitrogens is 1. The summed E-state index contributed by atoms with van der Waals surface area (Å²) in [6.45, 7) is 7.28. The van der Waals surface area contributed by atoms with Gasteiger partial charge in [0.25, 0.3) is 0 Å². The Morgan fingerprint density at radius 1 is 1.22 bits per heavy atom. The van der Waals surface area contributed by atoms with Gasteiger partial charge in [0.05, 0.1) is 17.1 Å². The van der Waals surface area contributed by atoms with Gasteiger partial charge in [-0.3, -0.25) is 5.32 Å². The number of para-hydroxylation sites is 2. The van der Waals surface area contributed by atoms with Crippen molar-refractivity contribution in [1.82, 2.24) is 5.16 Å². The molecule has 27 heavy (non-hydrogen) atoms. The number of anilines is 3. The molecule has 0 radical (unpaired) electrons. The first-order valence-electron chi connectivity index (χ1n) is 9.90. The van der Waals surface area contributed by atoms with E-state index in [1.165, 1.54) is 32.1 Å². The number of carbonyl (C=O) groups excluding carboxylic acids is 1. The number of aryl methyl sites for hydroxylation is 1. The Labute approximate surface area is 161 Å². The van der Waals surface area contributed by atoms with Gasteiger partial charge in [0.15, 0.2) is 0 Å². The number of urea groups is 1. The molecule has 0 atom stereocenters. The second-order valence-electron chi connectivity index (χ2n) is 7.77. The summed E-state index contributed by atoms with van der Waals surface area (Å²) in [5, 5.41) is 9.47. The number of rotatable bonds is 6. The lowest BCUT2D eigenvalue weighted by Gasteiger charge is -2.38. The average molecular weight is 370 g/mol. The number of carbonyl (C=O) groups is 1. The van der Waals surface area contributed by atoms with Crippen LogP contribution in [0.3, 0.4) is 0 Å². The summed E-state index contributed by atoms with van der Waals surface area (Å²) in [5.74, 6) is 0.889. The van der Waals surface area contributed by atoms with Crippen molar-refractivity contribution in [2.24, 2.45) is 5.92 Å². The molecule has 1 aromatic heterocycles. The molecule has 0 unspecified atom stereocenters. The highest BCUT2D eigenvalue weighted by Gasteiger charge is 2.24. The normalized spacial score (nSPS) is 15.0. The molecule has 1 aliphatic rings. The van der Waals surface area contributed by atoms with Crippen molar-refractivity contribution in [1.29, 1.82) is 0 Å². The van der Waals surface area contributed by atoms with Crippen molar-refractivity contribution < 1.29 is 9.32 Å². The van der Waals surface area contributed by atoms with Crippen LogP contribution in [0.25, 0.3) is 0 Å². The van der Waals surface area contributed by atoms with Crippen molar-refractivity contribution in [3.05, 3.63) is 36.0 Å². The molecule has 146 valence electrons. The highest BCUT2D eigenvalue weighted by Crippen LogP contribution is 2.33. The Kier molecular flexibility index (Phi) is 6.37. The predicted octanol–water partition coefficient (Wildman–Crippen LogP) is 5.42. The van der Waals surface area contributed by atoms with Crippen molar-refractivity contribution in [2.75, 3.05) is 22.1 Å². The van der Waals surface area contributed by atoms with Gasteiger partial charge in [0.2, 0.25) is 5.88 Å². The number of hydrogen-bond donors (Lipinski definition) is 2. The van der Waals surface area contributed by atoms with Crippen LogP contribution in [0, 0.1) is 12.8 Å². The van der Waals surface area contributed by atoms with E-state index >= 15 is 0 Å². The van der Waals surface area contributed by atoms with Crippen LogP contribution in [-0.2, 0) is 0 Å². The molecule has 1 heterocycles. The first kappa shape index (κ1) is 19.3. The van der Waals surface area contributed by atoms with Gasteiger partial charge in [-0.15, -0.1) is 0 Å². The van der Waals surface area contributed by atoms with Gasteiger partial charge in [-0.05, 0) is 37.8 Å². The highest BCUT2D eigenvalue weighted by atomic mass is 16.5. The van der Waals surface area contributed by atoms with Crippen LogP contribution in [0.15, 0.2) is 34.9 Å². The Morgan fingerprint density at radius 2 is 1.96 bits per heavy atom.